The number of anilines is 1. The number of aryl methyl sites for hydroxylation is 3. The fourth-order valence-electron chi connectivity index (χ4n) is 3.48. The number of nitrogens with one attached hydrogen (secondary N) is 2. The zero-order valence-corrected chi connectivity index (χ0v) is 19.0. The average Bonchev–Trinajstić information content (AvgIpc) is 2.79. The zero-order valence-electron chi connectivity index (χ0n) is 19.0. The number of nitrogens with two attached hydrogens (primary N) is 1. The van der Waals surface area contributed by atoms with Gasteiger partial charge in [-0.25, -0.2) is 5.84 Å². The van der Waals surface area contributed by atoms with Gasteiger partial charge in [-0.3, -0.25) is 10.2 Å². The molecule has 4 N–H and O–H groups in total. The average molecular weight is 476 g/mol. The Bertz CT molecular complexity index is 1100. The Kier molecular flexibility index (Phi) is 10.6. The van der Waals surface area contributed by atoms with Crippen LogP contribution in [-0.4, -0.2) is 13.5 Å². The summed E-state index contributed by atoms with van der Waals surface area (Å²) in [6.07, 6.45) is -4.00. The quantitative estimate of drug-likeness (QED) is 0.173. The highest BCUT2D eigenvalue weighted by Gasteiger charge is 2.33. The molecule has 0 aliphatic rings. The summed E-state index contributed by atoms with van der Waals surface area (Å²) in [5.74, 6) is 5.08. The van der Waals surface area contributed by atoms with E-state index in [2.05, 4.69) is 11.2 Å². The van der Waals surface area contributed by atoms with Crippen molar-refractivity contribution in [2.45, 2.75) is 41.0 Å². The summed E-state index contributed by atoms with van der Waals surface area (Å²) in [6, 6.07) is 15.2. The smallest absolute Gasteiger partial charge is 0.417 e. The predicted molar refractivity (Wildman–Crippen MR) is 132 cm³/mol. The van der Waals surface area contributed by atoms with Gasteiger partial charge in [0, 0.05) is 18.3 Å². The van der Waals surface area contributed by atoms with Crippen molar-refractivity contribution in [2.24, 2.45) is 5.84 Å². The van der Waals surface area contributed by atoms with Crippen molar-refractivity contribution < 1.29 is 22.7 Å². The third kappa shape index (κ3) is 6.99. The van der Waals surface area contributed by atoms with Crippen molar-refractivity contribution in [3.63, 3.8) is 0 Å². The number of benzene rings is 3. The number of halogens is 3. The van der Waals surface area contributed by atoms with Gasteiger partial charge in [0.25, 0.3) is 0 Å². The van der Waals surface area contributed by atoms with Crippen LogP contribution in [0.5, 0.6) is 5.75 Å². The highest BCUT2D eigenvalue weighted by molar-refractivity contribution is 5.73. The number of alkyl halides is 3. The van der Waals surface area contributed by atoms with Crippen molar-refractivity contribution >= 4 is 12.1 Å². The third-order valence-electron chi connectivity index (χ3n) is 5.16. The number of hydrazine groups is 1. The van der Waals surface area contributed by atoms with E-state index in [-0.39, 0.29) is 13.0 Å². The Morgan fingerprint density at radius 3 is 2.18 bits per heavy atom. The number of ether oxygens (including phenoxy) is 1. The highest BCUT2D eigenvalue weighted by atomic mass is 19.4. The van der Waals surface area contributed by atoms with E-state index in [0.29, 0.717) is 24.3 Å². The SMILES string of the molecule is C.CNc1cccc(C)c1COc1cc(C)c(-c2ccccc2C(F)(F)F)cc1C.NNC=O. The van der Waals surface area contributed by atoms with Crippen LogP contribution in [0.4, 0.5) is 18.9 Å². The van der Waals surface area contributed by atoms with Crippen molar-refractivity contribution in [3.05, 3.63) is 82.4 Å². The molecule has 0 aliphatic carbocycles. The Balaban J connectivity index is 0.00000107. The van der Waals surface area contributed by atoms with Crippen molar-refractivity contribution in [2.75, 3.05) is 12.4 Å². The number of hydrogen-bond donors (Lipinski definition) is 3. The molecule has 3 aromatic rings. The van der Waals surface area contributed by atoms with E-state index in [1.165, 1.54) is 12.1 Å². The summed E-state index contributed by atoms with van der Waals surface area (Å²) < 4.78 is 46.4. The molecule has 0 radical (unpaired) electrons. The molecule has 0 bridgehead atoms. The van der Waals surface area contributed by atoms with Crippen LogP contribution in [-0.2, 0) is 17.6 Å². The monoisotopic (exact) mass is 475 g/mol. The van der Waals surface area contributed by atoms with Crippen molar-refractivity contribution in [1.82, 2.24) is 5.43 Å². The van der Waals surface area contributed by atoms with Gasteiger partial charge in [-0.05, 0) is 72.9 Å². The van der Waals surface area contributed by atoms with Crippen LogP contribution < -0.4 is 21.3 Å². The number of rotatable bonds is 6. The standard InChI is InChI=1S/C24H24F3NO.CH4N2O.CH4/c1-15-8-7-11-22(28-4)20(15)14-29-23-13-16(2)19(12-17(23)3)18-9-5-6-10-21(18)24(25,26)27;2-3-1-4;/h5-13,28H,14H2,1-4H3;1H,2H2,(H,3,4);1H4. The Morgan fingerprint density at radius 2 is 1.59 bits per heavy atom. The molecular weight excluding hydrogens is 443 g/mol. The van der Waals surface area contributed by atoms with E-state index < -0.39 is 11.7 Å². The lowest BCUT2D eigenvalue weighted by molar-refractivity contribution is -0.137. The molecule has 0 atom stereocenters. The second-order valence-electron chi connectivity index (χ2n) is 7.40. The minimum Gasteiger partial charge on any atom is -0.489 e. The van der Waals surface area contributed by atoms with Gasteiger partial charge in [0.15, 0.2) is 0 Å². The molecule has 8 heteroatoms. The maximum atomic E-state index is 13.4. The second kappa shape index (κ2) is 12.6. The van der Waals surface area contributed by atoms with Crippen molar-refractivity contribution in [1.29, 1.82) is 0 Å². The van der Waals surface area contributed by atoms with Gasteiger partial charge in [0.1, 0.15) is 12.4 Å². The molecule has 0 aliphatic heterocycles. The van der Waals surface area contributed by atoms with Gasteiger partial charge in [-0.2, -0.15) is 13.2 Å². The molecule has 0 aromatic heterocycles. The molecule has 184 valence electrons. The van der Waals surface area contributed by atoms with Gasteiger partial charge in [-0.15, -0.1) is 0 Å². The maximum Gasteiger partial charge on any atom is 0.417 e. The summed E-state index contributed by atoms with van der Waals surface area (Å²) >= 11 is 0. The molecular formula is C26H32F3N3O2. The van der Waals surface area contributed by atoms with Crippen molar-refractivity contribution in [3.8, 4) is 16.9 Å². The molecule has 34 heavy (non-hydrogen) atoms. The first-order valence-electron chi connectivity index (χ1n) is 10.2. The molecule has 0 heterocycles. The lowest BCUT2D eigenvalue weighted by Gasteiger charge is -2.18. The van der Waals surface area contributed by atoms with Crippen LogP contribution in [0, 0.1) is 20.8 Å². The molecule has 0 unspecified atom stereocenters. The summed E-state index contributed by atoms with van der Waals surface area (Å²) in [5.41, 5.74) is 6.56. The van der Waals surface area contributed by atoms with E-state index in [1.807, 2.05) is 52.1 Å². The maximum absolute atomic E-state index is 13.4. The van der Waals surface area contributed by atoms with Crippen LogP contribution in [0.3, 0.4) is 0 Å². The Labute approximate surface area is 199 Å². The summed E-state index contributed by atoms with van der Waals surface area (Å²) in [5, 5.41) is 3.16. The Hall–Kier alpha value is -3.52. The predicted octanol–water partition coefficient (Wildman–Crippen LogP) is 6.16. The van der Waals surface area contributed by atoms with E-state index >= 15 is 0 Å². The minimum atomic E-state index is -4.40. The first kappa shape index (κ1) is 28.5. The fraction of sp³-hybridized carbons (Fsp3) is 0.269. The zero-order chi connectivity index (χ0) is 24.6. The first-order chi connectivity index (χ1) is 15.6. The molecule has 3 aromatic carbocycles. The summed E-state index contributed by atoms with van der Waals surface area (Å²) in [6.45, 7) is 6.06. The molecule has 5 nitrogen and oxygen atoms in total. The molecule has 1 amide bonds. The largest absolute Gasteiger partial charge is 0.489 e. The van der Waals surface area contributed by atoms with Crippen LogP contribution >= 0.6 is 0 Å². The number of amides is 1. The first-order valence-corrected chi connectivity index (χ1v) is 10.2. The van der Waals surface area contributed by atoms with Gasteiger partial charge < -0.3 is 10.1 Å². The van der Waals surface area contributed by atoms with Crippen LogP contribution in [0.25, 0.3) is 11.1 Å². The van der Waals surface area contributed by atoms with Crippen LogP contribution in [0.2, 0.25) is 0 Å². The number of hydrogen-bond acceptors (Lipinski definition) is 4. The van der Waals surface area contributed by atoms with E-state index in [1.54, 1.807) is 17.6 Å². The van der Waals surface area contributed by atoms with E-state index in [0.717, 1.165) is 34.0 Å². The number of carbonyl (C=O) groups excluding carboxylic acids is 1. The topological polar surface area (TPSA) is 76.4 Å². The van der Waals surface area contributed by atoms with Gasteiger partial charge in [0.2, 0.25) is 6.41 Å². The third-order valence-corrected chi connectivity index (χ3v) is 5.16. The fourth-order valence-corrected chi connectivity index (χ4v) is 3.48. The Morgan fingerprint density at radius 1 is 0.941 bits per heavy atom. The summed E-state index contributed by atoms with van der Waals surface area (Å²) in [4.78, 5) is 8.94. The minimum absolute atomic E-state index is 0. The second-order valence-corrected chi connectivity index (χ2v) is 7.40. The molecule has 0 saturated carbocycles. The van der Waals surface area contributed by atoms with E-state index in [4.69, 9.17) is 9.53 Å². The molecule has 0 saturated heterocycles. The van der Waals surface area contributed by atoms with Crippen LogP contribution in [0.1, 0.15) is 35.2 Å². The molecule has 0 spiro atoms. The molecule has 3 rings (SSSR count). The van der Waals surface area contributed by atoms with Gasteiger partial charge >= 0.3 is 6.18 Å². The van der Waals surface area contributed by atoms with Gasteiger partial charge in [-0.1, -0.05) is 37.8 Å². The number of carbonyl (C=O) groups is 1. The highest BCUT2D eigenvalue weighted by Crippen LogP contribution is 2.39. The molecule has 0 fully saturated rings. The van der Waals surface area contributed by atoms with Crippen LogP contribution in [0.15, 0.2) is 54.6 Å². The lowest BCUT2D eigenvalue weighted by Crippen LogP contribution is -2.18. The lowest BCUT2D eigenvalue weighted by atomic mass is 9.94. The summed E-state index contributed by atoms with van der Waals surface area (Å²) in [7, 11) is 1.86. The van der Waals surface area contributed by atoms with Gasteiger partial charge in [0.05, 0.1) is 5.56 Å². The van der Waals surface area contributed by atoms with E-state index in [9.17, 15) is 13.2 Å². The normalized spacial score (nSPS) is 10.4.